The van der Waals surface area contributed by atoms with Gasteiger partial charge in [-0.05, 0) is 51.7 Å². The monoisotopic (exact) mass is 334 g/mol. The summed E-state index contributed by atoms with van der Waals surface area (Å²) in [5.74, 6) is -0.232. The molecule has 0 saturated carbocycles. The van der Waals surface area contributed by atoms with E-state index in [9.17, 15) is 4.39 Å². The van der Waals surface area contributed by atoms with E-state index in [1.165, 1.54) is 17.3 Å². The van der Waals surface area contributed by atoms with Crippen LogP contribution in [0.4, 0.5) is 10.1 Å². The van der Waals surface area contributed by atoms with Crippen molar-refractivity contribution in [2.45, 2.75) is 19.0 Å². The molecular formula is C16H16BrFN2. The molecule has 0 bridgehead atoms. The molecule has 1 aliphatic heterocycles. The molecule has 0 aromatic heterocycles. The van der Waals surface area contributed by atoms with Crippen molar-refractivity contribution in [2.24, 2.45) is 5.73 Å². The Morgan fingerprint density at radius 3 is 2.85 bits per heavy atom. The lowest BCUT2D eigenvalue weighted by molar-refractivity contribution is 0.596. The molecule has 2 nitrogen and oxygen atoms in total. The summed E-state index contributed by atoms with van der Waals surface area (Å²) in [6.07, 6.45) is 0.916. The van der Waals surface area contributed by atoms with Crippen molar-refractivity contribution in [3.05, 3.63) is 63.9 Å². The number of halogens is 2. The highest BCUT2D eigenvalue weighted by Gasteiger charge is 2.21. The van der Waals surface area contributed by atoms with E-state index < -0.39 is 0 Å². The Balaban J connectivity index is 1.89. The van der Waals surface area contributed by atoms with Gasteiger partial charge in [0.05, 0.1) is 4.47 Å². The molecule has 4 heteroatoms. The average Bonchev–Trinajstić information content (AvgIpc) is 2.43. The molecule has 0 amide bonds. The second-order valence-electron chi connectivity index (χ2n) is 5.22. The average molecular weight is 335 g/mol. The van der Waals surface area contributed by atoms with Crippen LogP contribution in [-0.2, 0) is 13.0 Å². The summed E-state index contributed by atoms with van der Waals surface area (Å²) in [5, 5.41) is 0. The minimum Gasteiger partial charge on any atom is -0.365 e. The summed E-state index contributed by atoms with van der Waals surface area (Å²) in [6, 6.07) is 13.6. The van der Waals surface area contributed by atoms with Crippen LogP contribution in [0.25, 0.3) is 0 Å². The third kappa shape index (κ3) is 2.72. The minimum absolute atomic E-state index is 0.147. The highest BCUT2D eigenvalue weighted by atomic mass is 79.9. The summed E-state index contributed by atoms with van der Waals surface area (Å²) >= 11 is 3.24. The van der Waals surface area contributed by atoms with Crippen molar-refractivity contribution >= 4 is 21.6 Å². The van der Waals surface area contributed by atoms with E-state index in [1.54, 1.807) is 0 Å². The maximum atomic E-state index is 13.3. The molecule has 1 aliphatic rings. The molecule has 1 heterocycles. The summed E-state index contributed by atoms with van der Waals surface area (Å²) in [6.45, 7) is 1.57. The molecule has 2 aromatic rings. The van der Waals surface area contributed by atoms with Crippen LogP contribution in [0.15, 0.2) is 46.9 Å². The Bertz CT molecular complexity index is 630. The van der Waals surface area contributed by atoms with Crippen molar-refractivity contribution in [3.63, 3.8) is 0 Å². The molecule has 20 heavy (non-hydrogen) atoms. The number of para-hydroxylation sites is 1. The lowest BCUT2D eigenvalue weighted by Crippen LogP contribution is -2.42. The third-order valence-corrected chi connectivity index (χ3v) is 4.23. The number of benzene rings is 2. The molecule has 2 aromatic carbocycles. The number of fused-ring (bicyclic) bond motifs is 1. The predicted octanol–water partition coefficient (Wildman–Crippen LogP) is 3.48. The fraction of sp³-hybridized carbons (Fsp3) is 0.250. The van der Waals surface area contributed by atoms with E-state index in [0.29, 0.717) is 4.47 Å². The first-order valence-electron chi connectivity index (χ1n) is 6.66. The van der Waals surface area contributed by atoms with Crippen LogP contribution in [0, 0.1) is 5.82 Å². The van der Waals surface area contributed by atoms with Gasteiger partial charge in [0.25, 0.3) is 0 Å². The van der Waals surface area contributed by atoms with Gasteiger partial charge in [0.15, 0.2) is 0 Å². The summed E-state index contributed by atoms with van der Waals surface area (Å²) in [7, 11) is 0. The van der Waals surface area contributed by atoms with Crippen molar-refractivity contribution < 1.29 is 4.39 Å². The largest absolute Gasteiger partial charge is 0.365 e. The zero-order chi connectivity index (χ0) is 14.1. The Labute approximate surface area is 126 Å². The van der Waals surface area contributed by atoms with Gasteiger partial charge in [-0.15, -0.1) is 0 Å². The van der Waals surface area contributed by atoms with E-state index in [0.717, 1.165) is 25.1 Å². The Kier molecular flexibility index (Phi) is 3.76. The molecule has 1 unspecified atom stereocenters. The van der Waals surface area contributed by atoms with Gasteiger partial charge in [0.2, 0.25) is 0 Å². The Morgan fingerprint density at radius 2 is 2.05 bits per heavy atom. The van der Waals surface area contributed by atoms with Crippen LogP contribution in [-0.4, -0.2) is 12.6 Å². The van der Waals surface area contributed by atoms with E-state index in [4.69, 9.17) is 5.73 Å². The topological polar surface area (TPSA) is 29.3 Å². The van der Waals surface area contributed by atoms with E-state index in [-0.39, 0.29) is 11.9 Å². The molecule has 0 saturated heterocycles. The van der Waals surface area contributed by atoms with Crippen LogP contribution in [0.3, 0.4) is 0 Å². The van der Waals surface area contributed by atoms with Gasteiger partial charge in [0, 0.05) is 24.8 Å². The summed E-state index contributed by atoms with van der Waals surface area (Å²) in [5.41, 5.74) is 9.72. The first-order valence-corrected chi connectivity index (χ1v) is 7.45. The molecule has 0 fully saturated rings. The van der Waals surface area contributed by atoms with Gasteiger partial charge in [0.1, 0.15) is 5.82 Å². The predicted molar refractivity (Wildman–Crippen MR) is 83.3 cm³/mol. The van der Waals surface area contributed by atoms with Gasteiger partial charge in [-0.25, -0.2) is 4.39 Å². The van der Waals surface area contributed by atoms with Crippen molar-refractivity contribution in [1.29, 1.82) is 0 Å². The van der Waals surface area contributed by atoms with Gasteiger partial charge in [-0.2, -0.15) is 0 Å². The maximum Gasteiger partial charge on any atom is 0.137 e. The highest BCUT2D eigenvalue weighted by Crippen LogP contribution is 2.28. The second-order valence-corrected chi connectivity index (χ2v) is 6.08. The zero-order valence-electron chi connectivity index (χ0n) is 11.0. The van der Waals surface area contributed by atoms with Crippen LogP contribution >= 0.6 is 15.9 Å². The minimum atomic E-state index is -0.232. The SMILES string of the molecule is NC1Cc2ccccc2N(Cc2ccc(F)c(Br)c2)C1. The van der Waals surface area contributed by atoms with E-state index >= 15 is 0 Å². The van der Waals surface area contributed by atoms with Gasteiger partial charge < -0.3 is 10.6 Å². The Morgan fingerprint density at radius 1 is 1.25 bits per heavy atom. The van der Waals surface area contributed by atoms with Crippen molar-refractivity contribution in [1.82, 2.24) is 0 Å². The van der Waals surface area contributed by atoms with Crippen molar-refractivity contribution in [2.75, 3.05) is 11.4 Å². The molecule has 2 N–H and O–H groups in total. The Hall–Kier alpha value is -1.39. The first-order chi connectivity index (χ1) is 9.63. The maximum absolute atomic E-state index is 13.3. The number of nitrogens with two attached hydrogens (primary N) is 1. The lowest BCUT2D eigenvalue weighted by atomic mass is 9.98. The molecule has 104 valence electrons. The number of hydrogen-bond acceptors (Lipinski definition) is 2. The number of rotatable bonds is 2. The van der Waals surface area contributed by atoms with Gasteiger partial charge in [-0.1, -0.05) is 24.3 Å². The zero-order valence-corrected chi connectivity index (χ0v) is 12.6. The molecular weight excluding hydrogens is 319 g/mol. The van der Waals surface area contributed by atoms with Crippen LogP contribution in [0.2, 0.25) is 0 Å². The smallest absolute Gasteiger partial charge is 0.137 e. The van der Waals surface area contributed by atoms with E-state index in [1.807, 2.05) is 24.3 Å². The highest BCUT2D eigenvalue weighted by molar-refractivity contribution is 9.10. The number of nitrogens with zero attached hydrogens (tertiary/aromatic N) is 1. The van der Waals surface area contributed by atoms with Gasteiger partial charge in [-0.3, -0.25) is 0 Å². The fourth-order valence-corrected chi connectivity index (χ4v) is 3.15. The molecule has 0 aliphatic carbocycles. The lowest BCUT2D eigenvalue weighted by Gasteiger charge is -2.34. The molecule has 0 spiro atoms. The molecule has 3 rings (SSSR count). The molecule has 1 atom stereocenters. The summed E-state index contributed by atoms with van der Waals surface area (Å²) < 4.78 is 13.8. The third-order valence-electron chi connectivity index (χ3n) is 3.63. The summed E-state index contributed by atoms with van der Waals surface area (Å²) in [4.78, 5) is 2.27. The normalized spacial score (nSPS) is 17.9. The standard InChI is InChI=1S/C16H16BrFN2/c17-14-7-11(5-6-15(14)18)9-20-10-13(19)8-12-3-1-2-4-16(12)20/h1-7,13H,8-10,19H2. The van der Waals surface area contributed by atoms with Crippen LogP contribution in [0.1, 0.15) is 11.1 Å². The first kappa shape index (κ1) is 13.6. The van der Waals surface area contributed by atoms with Crippen molar-refractivity contribution in [3.8, 4) is 0 Å². The quantitative estimate of drug-likeness (QED) is 0.910. The second kappa shape index (κ2) is 5.54. The number of hydrogen-bond donors (Lipinski definition) is 1. The van der Waals surface area contributed by atoms with E-state index in [2.05, 4.69) is 33.0 Å². The molecule has 0 radical (unpaired) electrons. The number of anilines is 1. The van der Waals surface area contributed by atoms with Crippen LogP contribution in [0.5, 0.6) is 0 Å². The van der Waals surface area contributed by atoms with Crippen LogP contribution < -0.4 is 10.6 Å². The fourth-order valence-electron chi connectivity index (χ4n) is 2.73. The van der Waals surface area contributed by atoms with Gasteiger partial charge >= 0.3 is 0 Å².